The van der Waals surface area contributed by atoms with Gasteiger partial charge in [0.05, 0.1) is 0 Å². The number of benzene rings is 1. The first-order valence-corrected chi connectivity index (χ1v) is 5.85. The summed E-state index contributed by atoms with van der Waals surface area (Å²) in [5.74, 6) is 0. The van der Waals surface area contributed by atoms with Crippen LogP contribution in [-0.2, 0) is 6.42 Å². The van der Waals surface area contributed by atoms with Gasteiger partial charge in [0, 0.05) is 10.4 Å². The second-order valence-electron chi connectivity index (χ2n) is 3.33. The Bertz CT molecular complexity index is 471. The fraction of sp³-hybridized carbons (Fsp3) is 0.154. The smallest absolute Gasteiger partial charge is 0.151 e. The summed E-state index contributed by atoms with van der Waals surface area (Å²) in [5, 5.41) is 1.96. The van der Waals surface area contributed by atoms with E-state index in [0.29, 0.717) is 0 Å². The topological polar surface area (TPSA) is 17.1 Å². The Morgan fingerprint density at radius 1 is 1.27 bits per heavy atom. The zero-order valence-electron chi connectivity index (χ0n) is 8.57. The van der Waals surface area contributed by atoms with Crippen LogP contribution < -0.4 is 0 Å². The van der Waals surface area contributed by atoms with Crippen molar-refractivity contribution in [1.29, 1.82) is 0 Å². The highest BCUT2D eigenvalue weighted by Gasteiger charge is 2.08. The molecule has 0 saturated carbocycles. The molecule has 0 radical (unpaired) electrons. The van der Waals surface area contributed by atoms with Gasteiger partial charge in [-0.1, -0.05) is 31.2 Å². The fourth-order valence-corrected chi connectivity index (χ4v) is 2.61. The summed E-state index contributed by atoms with van der Waals surface area (Å²) in [6, 6.07) is 10.1. The van der Waals surface area contributed by atoms with E-state index in [0.717, 1.165) is 23.1 Å². The largest absolute Gasteiger partial charge is 0.298 e. The van der Waals surface area contributed by atoms with Gasteiger partial charge in [0.2, 0.25) is 0 Å². The van der Waals surface area contributed by atoms with Gasteiger partial charge in [-0.15, -0.1) is 11.3 Å². The fourth-order valence-electron chi connectivity index (χ4n) is 1.68. The summed E-state index contributed by atoms with van der Waals surface area (Å²) < 4.78 is 0. The number of hydrogen-bond acceptors (Lipinski definition) is 2. The lowest BCUT2D eigenvalue weighted by atomic mass is 10.0. The third-order valence-corrected chi connectivity index (χ3v) is 3.43. The summed E-state index contributed by atoms with van der Waals surface area (Å²) in [7, 11) is 0. The minimum absolute atomic E-state index is 0.793. The van der Waals surface area contributed by atoms with Crippen LogP contribution >= 0.6 is 11.3 Å². The van der Waals surface area contributed by atoms with E-state index in [1.165, 1.54) is 11.1 Å². The first kappa shape index (κ1) is 10.1. The van der Waals surface area contributed by atoms with Gasteiger partial charge in [-0.3, -0.25) is 4.79 Å². The zero-order valence-corrected chi connectivity index (χ0v) is 9.38. The van der Waals surface area contributed by atoms with Crippen molar-refractivity contribution in [3.63, 3.8) is 0 Å². The van der Waals surface area contributed by atoms with Crippen LogP contribution in [0, 0.1) is 0 Å². The number of aldehydes is 1. The summed E-state index contributed by atoms with van der Waals surface area (Å²) in [4.78, 5) is 12.0. The second-order valence-corrected chi connectivity index (χ2v) is 4.25. The predicted molar refractivity (Wildman–Crippen MR) is 64.5 cm³/mol. The van der Waals surface area contributed by atoms with E-state index in [4.69, 9.17) is 0 Å². The molecule has 1 nitrogen and oxygen atoms in total. The van der Waals surface area contributed by atoms with Crippen molar-refractivity contribution in [2.24, 2.45) is 0 Å². The number of thiophene rings is 1. The normalized spacial score (nSPS) is 10.2. The molecule has 0 saturated heterocycles. The Kier molecular flexibility index (Phi) is 2.97. The van der Waals surface area contributed by atoms with Crippen LogP contribution in [0.15, 0.2) is 35.7 Å². The molecule has 2 rings (SSSR count). The molecule has 2 heteroatoms. The van der Waals surface area contributed by atoms with Crippen molar-refractivity contribution in [2.45, 2.75) is 13.3 Å². The van der Waals surface area contributed by atoms with Gasteiger partial charge in [0.15, 0.2) is 6.29 Å². The van der Waals surface area contributed by atoms with E-state index in [1.807, 2.05) is 23.6 Å². The van der Waals surface area contributed by atoms with E-state index < -0.39 is 0 Å². The van der Waals surface area contributed by atoms with Crippen molar-refractivity contribution in [3.05, 3.63) is 46.8 Å². The predicted octanol–water partition coefficient (Wildman–Crippen LogP) is 3.79. The van der Waals surface area contributed by atoms with Crippen molar-refractivity contribution in [2.75, 3.05) is 0 Å². The molecule has 0 bridgehead atoms. The second kappa shape index (κ2) is 4.41. The Labute approximate surface area is 93.4 Å². The number of carbonyl (C=O) groups excluding carboxylic acids is 1. The van der Waals surface area contributed by atoms with Crippen molar-refractivity contribution in [1.82, 2.24) is 0 Å². The Balaban J connectivity index is 2.58. The third kappa shape index (κ3) is 1.85. The van der Waals surface area contributed by atoms with E-state index in [1.54, 1.807) is 11.3 Å². The SMILES string of the molecule is CCc1ccccc1-c1sccc1C=O. The monoisotopic (exact) mass is 216 g/mol. The van der Waals surface area contributed by atoms with Crippen LogP contribution in [0.1, 0.15) is 22.8 Å². The molecule has 0 amide bonds. The van der Waals surface area contributed by atoms with E-state index >= 15 is 0 Å². The average molecular weight is 216 g/mol. The highest BCUT2D eigenvalue weighted by atomic mass is 32.1. The lowest BCUT2D eigenvalue weighted by Crippen LogP contribution is -1.87. The lowest BCUT2D eigenvalue weighted by Gasteiger charge is -2.05. The average Bonchev–Trinajstić information content (AvgIpc) is 2.76. The molecule has 1 aromatic carbocycles. The van der Waals surface area contributed by atoms with Crippen molar-refractivity contribution >= 4 is 17.6 Å². The molecule has 0 unspecified atom stereocenters. The zero-order chi connectivity index (χ0) is 10.7. The maximum absolute atomic E-state index is 10.9. The van der Waals surface area contributed by atoms with E-state index in [-0.39, 0.29) is 0 Å². The molecule has 76 valence electrons. The Hall–Kier alpha value is -1.41. The van der Waals surface area contributed by atoms with Crippen LogP contribution in [0.4, 0.5) is 0 Å². The molecule has 0 N–H and O–H groups in total. The molecule has 0 aliphatic carbocycles. The first-order chi connectivity index (χ1) is 7.36. The Morgan fingerprint density at radius 2 is 2.07 bits per heavy atom. The molecule has 0 aliphatic heterocycles. The number of aryl methyl sites for hydroxylation is 1. The molecule has 0 spiro atoms. The third-order valence-electron chi connectivity index (χ3n) is 2.47. The van der Waals surface area contributed by atoms with Gasteiger partial charge in [-0.05, 0) is 29.0 Å². The van der Waals surface area contributed by atoms with Crippen LogP contribution in [0.5, 0.6) is 0 Å². The summed E-state index contributed by atoms with van der Waals surface area (Å²) >= 11 is 1.63. The van der Waals surface area contributed by atoms with E-state index in [2.05, 4.69) is 19.1 Å². The molecule has 0 aliphatic rings. The van der Waals surface area contributed by atoms with Gasteiger partial charge in [0.1, 0.15) is 0 Å². The minimum Gasteiger partial charge on any atom is -0.298 e. The Morgan fingerprint density at radius 3 is 2.80 bits per heavy atom. The van der Waals surface area contributed by atoms with Crippen molar-refractivity contribution < 1.29 is 4.79 Å². The van der Waals surface area contributed by atoms with Gasteiger partial charge in [-0.25, -0.2) is 0 Å². The first-order valence-electron chi connectivity index (χ1n) is 4.97. The lowest BCUT2D eigenvalue weighted by molar-refractivity contribution is 0.112. The highest BCUT2D eigenvalue weighted by molar-refractivity contribution is 7.14. The van der Waals surface area contributed by atoms with Crippen LogP contribution in [0.25, 0.3) is 10.4 Å². The summed E-state index contributed by atoms with van der Waals surface area (Å²) in [5.41, 5.74) is 3.28. The maximum Gasteiger partial charge on any atom is 0.151 e. The van der Waals surface area contributed by atoms with Crippen molar-refractivity contribution in [3.8, 4) is 10.4 Å². The molecular formula is C13H12OS. The molecule has 2 aromatic rings. The maximum atomic E-state index is 10.9. The molecule has 1 aromatic heterocycles. The number of hydrogen-bond donors (Lipinski definition) is 0. The standard InChI is InChI=1S/C13H12OS/c1-2-10-5-3-4-6-12(10)13-11(9-14)7-8-15-13/h3-9H,2H2,1H3. The number of carbonyl (C=O) groups is 1. The quantitative estimate of drug-likeness (QED) is 0.713. The van der Waals surface area contributed by atoms with Crippen LogP contribution in [0.3, 0.4) is 0 Å². The molecule has 0 atom stereocenters. The molecular weight excluding hydrogens is 204 g/mol. The summed E-state index contributed by atoms with van der Waals surface area (Å²) in [6.07, 6.45) is 1.92. The van der Waals surface area contributed by atoms with Crippen LogP contribution in [0.2, 0.25) is 0 Å². The molecule has 0 fully saturated rings. The summed E-state index contributed by atoms with van der Waals surface area (Å²) in [6.45, 7) is 2.13. The van der Waals surface area contributed by atoms with Gasteiger partial charge in [0.25, 0.3) is 0 Å². The van der Waals surface area contributed by atoms with Crippen LogP contribution in [-0.4, -0.2) is 6.29 Å². The van der Waals surface area contributed by atoms with Gasteiger partial charge in [-0.2, -0.15) is 0 Å². The van der Waals surface area contributed by atoms with Gasteiger partial charge >= 0.3 is 0 Å². The van der Waals surface area contributed by atoms with Gasteiger partial charge < -0.3 is 0 Å². The van der Waals surface area contributed by atoms with E-state index in [9.17, 15) is 4.79 Å². The minimum atomic E-state index is 0.793. The highest BCUT2D eigenvalue weighted by Crippen LogP contribution is 2.31. The molecule has 15 heavy (non-hydrogen) atoms. The number of rotatable bonds is 3. The molecule has 1 heterocycles.